The van der Waals surface area contributed by atoms with Crippen LogP contribution in [0.1, 0.15) is 5.56 Å². The zero-order valence-corrected chi connectivity index (χ0v) is 19.7. The Morgan fingerprint density at radius 2 is 1.48 bits per heavy atom. The van der Waals surface area contributed by atoms with Crippen LogP contribution in [-0.4, -0.2) is 51.2 Å². The molecule has 33 heavy (non-hydrogen) atoms. The van der Waals surface area contributed by atoms with Gasteiger partial charge in [-0.05, 0) is 54.1 Å². The molecule has 0 spiro atoms. The molecule has 172 valence electrons. The highest BCUT2D eigenvalue weighted by Gasteiger charge is 2.20. The van der Waals surface area contributed by atoms with Crippen molar-refractivity contribution < 1.29 is 13.2 Å². The van der Waals surface area contributed by atoms with Crippen LogP contribution < -0.4 is 10.2 Å². The summed E-state index contributed by atoms with van der Waals surface area (Å²) < 4.78 is 24.9. The van der Waals surface area contributed by atoms with Crippen LogP contribution in [-0.2, 0) is 21.2 Å². The van der Waals surface area contributed by atoms with Crippen molar-refractivity contribution in [1.82, 2.24) is 4.90 Å². The summed E-state index contributed by atoms with van der Waals surface area (Å²) in [5.74, 6) is -1.20. The Morgan fingerprint density at radius 3 is 2.12 bits per heavy atom. The van der Waals surface area contributed by atoms with E-state index in [1.54, 1.807) is 12.1 Å². The summed E-state index contributed by atoms with van der Waals surface area (Å²) in [6.07, 6.45) is 0. The van der Waals surface area contributed by atoms with Gasteiger partial charge in [0.2, 0.25) is 5.91 Å². The number of nitrogens with zero attached hydrogens (tertiary/aromatic N) is 2. The molecule has 0 atom stereocenters. The third kappa shape index (κ3) is 6.35. The molecule has 1 amide bonds. The van der Waals surface area contributed by atoms with E-state index < -0.39 is 21.5 Å². The third-order valence-corrected chi connectivity index (χ3v) is 7.52. The topological polar surface area (TPSA) is 69.7 Å². The number of anilines is 2. The molecule has 1 N–H and O–H groups in total. The van der Waals surface area contributed by atoms with Gasteiger partial charge >= 0.3 is 0 Å². The van der Waals surface area contributed by atoms with E-state index in [1.165, 1.54) is 29.8 Å². The van der Waals surface area contributed by atoms with E-state index >= 15 is 0 Å². The lowest BCUT2D eigenvalue weighted by Crippen LogP contribution is -2.45. The first-order valence-electron chi connectivity index (χ1n) is 10.8. The van der Waals surface area contributed by atoms with Crippen LogP contribution >= 0.6 is 11.6 Å². The Balaban J connectivity index is 1.28. The fourth-order valence-electron chi connectivity index (χ4n) is 3.86. The van der Waals surface area contributed by atoms with Gasteiger partial charge in [-0.1, -0.05) is 41.9 Å². The van der Waals surface area contributed by atoms with Crippen LogP contribution in [0.15, 0.2) is 83.8 Å². The molecule has 1 heterocycles. The van der Waals surface area contributed by atoms with Gasteiger partial charge in [-0.2, -0.15) is 0 Å². The number of carbonyl (C=O) groups is 1. The second-order valence-corrected chi connectivity index (χ2v) is 10.5. The number of halogens is 1. The summed E-state index contributed by atoms with van der Waals surface area (Å²) in [5.41, 5.74) is 2.98. The molecule has 0 saturated carbocycles. The summed E-state index contributed by atoms with van der Waals surface area (Å²) in [6, 6.07) is 23.8. The number of hydrogen-bond donors (Lipinski definition) is 1. The molecule has 6 nitrogen and oxygen atoms in total. The predicted octanol–water partition coefficient (Wildman–Crippen LogP) is 4.07. The van der Waals surface area contributed by atoms with Crippen LogP contribution in [0.25, 0.3) is 0 Å². The van der Waals surface area contributed by atoms with Gasteiger partial charge in [0.25, 0.3) is 0 Å². The van der Waals surface area contributed by atoms with Gasteiger partial charge in [-0.25, -0.2) is 8.42 Å². The highest BCUT2D eigenvalue weighted by Crippen LogP contribution is 2.21. The number of piperazine rings is 1. The third-order valence-electron chi connectivity index (χ3n) is 5.63. The number of sulfone groups is 1. The number of carbonyl (C=O) groups excluding carboxylic acids is 1. The van der Waals surface area contributed by atoms with E-state index in [0.29, 0.717) is 10.7 Å². The van der Waals surface area contributed by atoms with Crippen LogP contribution in [0, 0.1) is 0 Å². The SMILES string of the molecule is O=C(CS(=O)(=O)c1ccc(Cl)cc1)Nc1ccc(N2CCN(Cc3ccccc3)CC2)cc1. The Kier molecular flexibility index (Phi) is 7.33. The Bertz CT molecular complexity index is 1180. The van der Waals surface area contributed by atoms with Gasteiger partial charge in [-0.3, -0.25) is 9.69 Å². The molecular formula is C25H26ClN3O3S. The number of nitrogens with one attached hydrogen (secondary N) is 1. The molecular weight excluding hydrogens is 458 g/mol. The molecule has 0 radical (unpaired) electrons. The van der Waals surface area contributed by atoms with Crippen molar-refractivity contribution in [3.05, 3.63) is 89.4 Å². The molecule has 1 saturated heterocycles. The highest BCUT2D eigenvalue weighted by molar-refractivity contribution is 7.92. The van der Waals surface area contributed by atoms with Gasteiger partial charge in [0.1, 0.15) is 5.75 Å². The van der Waals surface area contributed by atoms with Crippen molar-refractivity contribution in [1.29, 1.82) is 0 Å². The fraction of sp³-hybridized carbons (Fsp3) is 0.240. The second kappa shape index (κ2) is 10.4. The normalized spacial score (nSPS) is 14.8. The van der Waals surface area contributed by atoms with Crippen LogP contribution in [0.2, 0.25) is 5.02 Å². The lowest BCUT2D eigenvalue weighted by atomic mass is 10.2. The maximum atomic E-state index is 12.4. The van der Waals surface area contributed by atoms with E-state index in [0.717, 1.165) is 38.4 Å². The quantitative estimate of drug-likeness (QED) is 0.548. The molecule has 1 fully saturated rings. The first-order chi connectivity index (χ1) is 15.9. The molecule has 3 aromatic carbocycles. The largest absolute Gasteiger partial charge is 0.369 e. The van der Waals surface area contributed by atoms with Crippen molar-refractivity contribution in [2.45, 2.75) is 11.4 Å². The Labute approximate surface area is 199 Å². The molecule has 0 bridgehead atoms. The van der Waals surface area contributed by atoms with E-state index in [2.05, 4.69) is 39.4 Å². The molecule has 8 heteroatoms. The average Bonchev–Trinajstić information content (AvgIpc) is 2.81. The van der Waals surface area contributed by atoms with Gasteiger partial charge in [0, 0.05) is 49.1 Å². The van der Waals surface area contributed by atoms with E-state index in [-0.39, 0.29) is 4.90 Å². The molecule has 1 aliphatic rings. The van der Waals surface area contributed by atoms with Crippen LogP contribution in [0.4, 0.5) is 11.4 Å². The molecule has 1 aliphatic heterocycles. The summed E-state index contributed by atoms with van der Waals surface area (Å²) in [4.78, 5) is 17.1. The van der Waals surface area contributed by atoms with Crippen molar-refractivity contribution in [2.24, 2.45) is 0 Å². The Morgan fingerprint density at radius 1 is 0.848 bits per heavy atom. The van der Waals surface area contributed by atoms with Crippen LogP contribution in [0.5, 0.6) is 0 Å². The number of hydrogen-bond acceptors (Lipinski definition) is 5. The number of amides is 1. The molecule has 0 unspecified atom stereocenters. The zero-order valence-electron chi connectivity index (χ0n) is 18.2. The van der Waals surface area contributed by atoms with E-state index in [1.807, 2.05) is 18.2 Å². The summed E-state index contributed by atoms with van der Waals surface area (Å²) >= 11 is 5.80. The maximum Gasteiger partial charge on any atom is 0.239 e. The molecule has 0 aliphatic carbocycles. The highest BCUT2D eigenvalue weighted by atomic mass is 35.5. The summed E-state index contributed by atoms with van der Waals surface area (Å²) in [5, 5.41) is 3.11. The van der Waals surface area contributed by atoms with Crippen molar-refractivity contribution in [3.63, 3.8) is 0 Å². The minimum absolute atomic E-state index is 0.0730. The van der Waals surface area contributed by atoms with Crippen molar-refractivity contribution >= 4 is 38.7 Å². The van der Waals surface area contributed by atoms with E-state index in [4.69, 9.17) is 11.6 Å². The van der Waals surface area contributed by atoms with Gasteiger partial charge in [-0.15, -0.1) is 0 Å². The first kappa shape index (κ1) is 23.3. The molecule has 4 rings (SSSR count). The van der Waals surface area contributed by atoms with Gasteiger partial charge < -0.3 is 10.2 Å². The van der Waals surface area contributed by atoms with E-state index in [9.17, 15) is 13.2 Å². The first-order valence-corrected chi connectivity index (χ1v) is 12.8. The van der Waals surface area contributed by atoms with Crippen molar-refractivity contribution in [3.8, 4) is 0 Å². The monoisotopic (exact) mass is 483 g/mol. The molecule has 3 aromatic rings. The minimum Gasteiger partial charge on any atom is -0.369 e. The van der Waals surface area contributed by atoms with Crippen molar-refractivity contribution in [2.75, 3.05) is 42.1 Å². The fourth-order valence-corrected chi connectivity index (χ4v) is 5.12. The number of benzene rings is 3. The zero-order chi connectivity index (χ0) is 23.3. The maximum absolute atomic E-state index is 12.4. The number of rotatable bonds is 7. The molecule has 0 aromatic heterocycles. The standard InChI is InChI=1S/C25H26ClN3O3S/c26-21-6-12-24(13-7-21)33(31,32)19-25(30)27-22-8-10-23(11-9-22)29-16-14-28(15-17-29)18-20-4-2-1-3-5-20/h1-13H,14-19H2,(H,27,30). The average molecular weight is 484 g/mol. The predicted molar refractivity (Wildman–Crippen MR) is 133 cm³/mol. The Hall–Kier alpha value is -2.87. The second-order valence-electron chi connectivity index (χ2n) is 8.06. The lowest BCUT2D eigenvalue weighted by Gasteiger charge is -2.36. The van der Waals surface area contributed by atoms with Gasteiger partial charge in [0.05, 0.1) is 4.90 Å². The van der Waals surface area contributed by atoms with Gasteiger partial charge in [0.15, 0.2) is 9.84 Å². The summed E-state index contributed by atoms with van der Waals surface area (Å²) in [6.45, 7) is 4.78. The van der Waals surface area contributed by atoms with Crippen LogP contribution in [0.3, 0.4) is 0 Å². The smallest absolute Gasteiger partial charge is 0.239 e. The summed E-state index contributed by atoms with van der Waals surface area (Å²) in [7, 11) is -3.73. The lowest BCUT2D eigenvalue weighted by molar-refractivity contribution is -0.113. The minimum atomic E-state index is -3.73.